The quantitative estimate of drug-likeness (QED) is 0.806. The Hall–Kier alpha value is -1.83. The first-order valence-electron chi connectivity index (χ1n) is 5.70. The highest BCUT2D eigenvalue weighted by Gasteiger charge is 2.34. The molecule has 0 saturated carbocycles. The summed E-state index contributed by atoms with van der Waals surface area (Å²) in [6.45, 7) is 1.23. The maximum atomic E-state index is 12.6. The van der Waals surface area contributed by atoms with Crippen LogP contribution in [0.25, 0.3) is 0 Å². The average molecular weight is 274 g/mol. The molecule has 8 heteroatoms. The molecule has 0 bridgehead atoms. The van der Waals surface area contributed by atoms with Crippen LogP contribution in [0.2, 0.25) is 0 Å². The maximum Gasteiger partial charge on any atom is 0.433 e. The third kappa shape index (κ3) is 2.95. The molecule has 1 aromatic heterocycles. The standard InChI is InChI=1S/C11H13F3N4O/c12-11(13,14)9-3-1-2-7(17-9)8-6-16-4-5-18(8)10(15)19/h1-3,8,16H,4-6H2,(H2,15,19). The van der Waals surface area contributed by atoms with Crippen molar-refractivity contribution in [2.75, 3.05) is 19.6 Å². The van der Waals surface area contributed by atoms with Gasteiger partial charge < -0.3 is 16.0 Å². The molecular weight excluding hydrogens is 261 g/mol. The molecule has 2 rings (SSSR count). The van der Waals surface area contributed by atoms with Crippen molar-refractivity contribution in [2.24, 2.45) is 5.73 Å². The highest BCUT2D eigenvalue weighted by Crippen LogP contribution is 2.29. The molecule has 19 heavy (non-hydrogen) atoms. The highest BCUT2D eigenvalue weighted by molar-refractivity contribution is 5.72. The van der Waals surface area contributed by atoms with E-state index in [2.05, 4.69) is 10.3 Å². The normalized spacial score (nSPS) is 20.4. The molecule has 0 aliphatic carbocycles. The van der Waals surface area contributed by atoms with Crippen molar-refractivity contribution in [3.63, 3.8) is 0 Å². The Kier molecular flexibility index (Phi) is 3.61. The van der Waals surface area contributed by atoms with Crippen LogP contribution in [0.3, 0.4) is 0 Å². The van der Waals surface area contributed by atoms with Gasteiger partial charge in [-0.05, 0) is 12.1 Å². The minimum Gasteiger partial charge on any atom is -0.351 e. The second-order valence-electron chi connectivity index (χ2n) is 4.20. The number of halogens is 3. The molecule has 1 aliphatic heterocycles. The van der Waals surface area contributed by atoms with Gasteiger partial charge in [-0.1, -0.05) is 6.07 Å². The van der Waals surface area contributed by atoms with Gasteiger partial charge in [0.05, 0.1) is 11.7 Å². The van der Waals surface area contributed by atoms with Crippen LogP contribution in [-0.4, -0.2) is 35.5 Å². The van der Waals surface area contributed by atoms with Crippen LogP contribution < -0.4 is 11.1 Å². The van der Waals surface area contributed by atoms with Crippen LogP contribution in [-0.2, 0) is 6.18 Å². The number of piperazine rings is 1. The van der Waals surface area contributed by atoms with Gasteiger partial charge >= 0.3 is 12.2 Å². The average Bonchev–Trinajstić information content (AvgIpc) is 2.38. The van der Waals surface area contributed by atoms with Crippen molar-refractivity contribution in [2.45, 2.75) is 12.2 Å². The van der Waals surface area contributed by atoms with E-state index in [1.807, 2.05) is 0 Å². The summed E-state index contributed by atoms with van der Waals surface area (Å²) in [5, 5.41) is 3.01. The summed E-state index contributed by atoms with van der Waals surface area (Å²) in [5.74, 6) is 0. The van der Waals surface area contributed by atoms with Gasteiger partial charge in [-0.25, -0.2) is 9.78 Å². The number of amides is 2. The number of nitrogens with one attached hydrogen (secondary N) is 1. The number of carbonyl (C=O) groups is 1. The molecule has 1 unspecified atom stereocenters. The lowest BCUT2D eigenvalue weighted by atomic mass is 10.1. The summed E-state index contributed by atoms with van der Waals surface area (Å²) >= 11 is 0. The van der Waals surface area contributed by atoms with E-state index in [1.165, 1.54) is 17.0 Å². The van der Waals surface area contributed by atoms with Gasteiger partial charge in [0.15, 0.2) is 0 Å². The zero-order valence-electron chi connectivity index (χ0n) is 9.94. The highest BCUT2D eigenvalue weighted by atomic mass is 19.4. The van der Waals surface area contributed by atoms with Gasteiger partial charge in [0.2, 0.25) is 0 Å². The van der Waals surface area contributed by atoms with E-state index in [0.717, 1.165) is 6.07 Å². The molecule has 1 atom stereocenters. The van der Waals surface area contributed by atoms with Crippen LogP contribution in [0.15, 0.2) is 18.2 Å². The smallest absolute Gasteiger partial charge is 0.351 e. The predicted octanol–water partition coefficient (Wildman–Crippen LogP) is 1.13. The molecule has 1 aliphatic rings. The molecule has 5 nitrogen and oxygen atoms in total. The monoisotopic (exact) mass is 274 g/mol. The van der Waals surface area contributed by atoms with Gasteiger partial charge in [-0.2, -0.15) is 13.2 Å². The zero-order valence-corrected chi connectivity index (χ0v) is 9.94. The largest absolute Gasteiger partial charge is 0.433 e. The number of rotatable bonds is 1. The Morgan fingerprint density at radius 3 is 2.84 bits per heavy atom. The Morgan fingerprint density at radius 1 is 1.47 bits per heavy atom. The van der Waals surface area contributed by atoms with E-state index in [4.69, 9.17) is 5.73 Å². The van der Waals surface area contributed by atoms with Gasteiger partial charge in [-0.3, -0.25) is 0 Å². The number of hydrogen-bond donors (Lipinski definition) is 2. The second-order valence-corrected chi connectivity index (χ2v) is 4.20. The summed E-state index contributed by atoms with van der Waals surface area (Å²) < 4.78 is 37.8. The number of pyridine rings is 1. The molecule has 1 aromatic rings. The zero-order chi connectivity index (χ0) is 14.0. The molecule has 3 N–H and O–H groups in total. The minimum absolute atomic E-state index is 0.181. The number of nitrogens with two attached hydrogens (primary N) is 1. The topological polar surface area (TPSA) is 71.2 Å². The minimum atomic E-state index is -4.50. The molecule has 1 fully saturated rings. The Morgan fingerprint density at radius 2 is 2.21 bits per heavy atom. The van der Waals surface area contributed by atoms with Gasteiger partial charge in [0.25, 0.3) is 0 Å². The van der Waals surface area contributed by atoms with E-state index < -0.39 is 23.9 Å². The van der Waals surface area contributed by atoms with Crippen LogP contribution in [0.4, 0.5) is 18.0 Å². The third-order valence-electron chi connectivity index (χ3n) is 2.93. The van der Waals surface area contributed by atoms with Crippen LogP contribution in [0, 0.1) is 0 Å². The van der Waals surface area contributed by atoms with Crippen molar-refractivity contribution in [1.82, 2.24) is 15.2 Å². The summed E-state index contributed by atoms with van der Waals surface area (Å²) in [6.07, 6.45) is -4.50. The number of urea groups is 1. The first-order valence-corrected chi connectivity index (χ1v) is 5.70. The Balaban J connectivity index is 2.32. The molecule has 0 aromatic carbocycles. The number of nitrogens with zero attached hydrogens (tertiary/aromatic N) is 2. The fourth-order valence-electron chi connectivity index (χ4n) is 2.03. The molecule has 104 valence electrons. The van der Waals surface area contributed by atoms with Crippen molar-refractivity contribution < 1.29 is 18.0 Å². The van der Waals surface area contributed by atoms with Crippen molar-refractivity contribution in [3.8, 4) is 0 Å². The number of aromatic nitrogens is 1. The third-order valence-corrected chi connectivity index (χ3v) is 2.93. The van der Waals surface area contributed by atoms with Crippen LogP contribution in [0.1, 0.15) is 17.4 Å². The predicted molar refractivity (Wildman–Crippen MR) is 61.1 cm³/mol. The van der Waals surface area contributed by atoms with E-state index in [9.17, 15) is 18.0 Å². The van der Waals surface area contributed by atoms with E-state index in [-0.39, 0.29) is 5.69 Å². The van der Waals surface area contributed by atoms with E-state index in [1.54, 1.807) is 0 Å². The summed E-state index contributed by atoms with van der Waals surface area (Å²) in [5.41, 5.74) is 4.44. The lowest BCUT2D eigenvalue weighted by Gasteiger charge is -2.34. The molecule has 2 heterocycles. The summed E-state index contributed by atoms with van der Waals surface area (Å²) in [4.78, 5) is 16.2. The first-order chi connectivity index (χ1) is 8.89. The number of alkyl halides is 3. The van der Waals surface area contributed by atoms with Crippen LogP contribution in [0.5, 0.6) is 0 Å². The molecule has 1 saturated heterocycles. The molecule has 2 amide bonds. The van der Waals surface area contributed by atoms with Crippen LogP contribution >= 0.6 is 0 Å². The van der Waals surface area contributed by atoms with Crippen molar-refractivity contribution in [3.05, 3.63) is 29.6 Å². The number of primary amides is 1. The molecule has 0 radical (unpaired) electrons. The van der Waals surface area contributed by atoms with Gasteiger partial charge in [0, 0.05) is 19.6 Å². The lowest BCUT2D eigenvalue weighted by Crippen LogP contribution is -2.50. The first kappa shape index (κ1) is 13.6. The van der Waals surface area contributed by atoms with Gasteiger partial charge in [0.1, 0.15) is 5.69 Å². The number of carbonyl (C=O) groups excluding carboxylic acids is 1. The Labute approximate surface area is 107 Å². The fraction of sp³-hybridized carbons (Fsp3) is 0.455. The Bertz CT molecular complexity index is 477. The summed E-state index contributed by atoms with van der Waals surface area (Å²) in [6, 6.07) is 2.40. The number of hydrogen-bond acceptors (Lipinski definition) is 3. The summed E-state index contributed by atoms with van der Waals surface area (Å²) in [7, 11) is 0. The maximum absolute atomic E-state index is 12.6. The van der Waals surface area contributed by atoms with Crippen molar-refractivity contribution in [1.29, 1.82) is 0 Å². The van der Waals surface area contributed by atoms with E-state index >= 15 is 0 Å². The molecule has 0 spiro atoms. The molecular formula is C11H13F3N4O. The van der Waals surface area contributed by atoms with E-state index in [0.29, 0.717) is 19.6 Å². The fourth-order valence-corrected chi connectivity index (χ4v) is 2.03. The second kappa shape index (κ2) is 5.04. The van der Waals surface area contributed by atoms with Crippen molar-refractivity contribution >= 4 is 6.03 Å². The SMILES string of the molecule is NC(=O)N1CCNCC1c1cccc(C(F)(F)F)n1. The van der Waals surface area contributed by atoms with Gasteiger partial charge in [-0.15, -0.1) is 0 Å². The lowest BCUT2D eigenvalue weighted by molar-refractivity contribution is -0.141.